The Labute approximate surface area is 160 Å². The van der Waals surface area contributed by atoms with Crippen LogP contribution in [0.25, 0.3) is 11.3 Å². The van der Waals surface area contributed by atoms with E-state index in [4.69, 9.17) is 0 Å². The van der Waals surface area contributed by atoms with E-state index in [1.54, 1.807) is 19.9 Å². The van der Waals surface area contributed by atoms with E-state index in [1.165, 1.54) is 24.3 Å². The molecule has 1 amide bonds. The summed E-state index contributed by atoms with van der Waals surface area (Å²) in [4.78, 5) is 35.2. The number of non-ortho nitro benzene ring substituents is 1. The first-order chi connectivity index (χ1) is 13.4. The van der Waals surface area contributed by atoms with E-state index in [-0.39, 0.29) is 5.69 Å². The molecule has 1 atom stereocenters. The summed E-state index contributed by atoms with van der Waals surface area (Å²) in [6.45, 7) is 3.23. The van der Waals surface area contributed by atoms with Gasteiger partial charge in [-0.3, -0.25) is 19.7 Å². The third-order valence-corrected chi connectivity index (χ3v) is 4.32. The number of nitrogens with one attached hydrogen (secondary N) is 1. The maximum Gasteiger partial charge on any atom is 0.269 e. The molecular weight excluding hydrogens is 360 g/mol. The number of anilines is 1. The molecule has 0 aliphatic carbocycles. The van der Waals surface area contributed by atoms with Crippen molar-refractivity contribution in [1.29, 1.82) is 0 Å². The van der Waals surface area contributed by atoms with Crippen molar-refractivity contribution in [3.63, 3.8) is 0 Å². The van der Waals surface area contributed by atoms with E-state index >= 15 is 0 Å². The van der Waals surface area contributed by atoms with Crippen molar-refractivity contribution in [2.24, 2.45) is 0 Å². The summed E-state index contributed by atoms with van der Waals surface area (Å²) in [6.07, 6.45) is 0. The zero-order chi connectivity index (χ0) is 20.3. The largest absolute Gasteiger partial charge is 0.324 e. The van der Waals surface area contributed by atoms with Crippen LogP contribution >= 0.6 is 0 Å². The lowest BCUT2D eigenvalue weighted by Gasteiger charge is -2.16. The number of nitro groups is 1. The predicted molar refractivity (Wildman–Crippen MR) is 105 cm³/mol. The first-order valence-corrected chi connectivity index (χ1v) is 8.58. The fraction of sp³-hybridized carbons (Fsp3) is 0.150. The summed E-state index contributed by atoms with van der Waals surface area (Å²) < 4.78 is 1.12. The molecule has 0 aliphatic heterocycles. The van der Waals surface area contributed by atoms with Crippen LogP contribution in [0.5, 0.6) is 0 Å². The quantitative estimate of drug-likeness (QED) is 0.541. The van der Waals surface area contributed by atoms with Gasteiger partial charge in [0.25, 0.3) is 11.2 Å². The van der Waals surface area contributed by atoms with E-state index in [9.17, 15) is 19.7 Å². The van der Waals surface area contributed by atoms with Gasteiger partial charge >= 0.3 is 0 Å². The number of rotatable bonds is 5. The van der Waals surface area contributed by atoms with Crippen molar-refractivity contribution in [2.75, 3.05) is 5.32 Å². The number of amides is 1. The number of nitro benzene ring substituents is 1. The molecule has 1 N–H and O–H groups in total. The van der Waals surface area contributed by atoms with E-state index in [0.717, 1.165) is 10.2 Å². The molecule has 2 aromatic carbocycles. The normalized spacial score (nSPS) is 11.6. The molecule has 0 aliphatic rings. The van der Waals surface area contributed by atoms with Crippen molar-refractivity contribution < 1.29 is 9.72 Å². The maximum absolute atomic E-state index is 12.6. The molecule has 8 heteroatoms. The first-order valence-electron chi connectivity index (χ1n) is 8.58. The molecule has 1 unspecified atom stereocenters. The smallest absolute Gasteiger partial charge is 0.269 e. The Kier molecular flexibility index (Phi) is 5.30. The fourth-order valence-electron chi connectivity index (χ4n) is 2.72. The summed E-state index contributed by atoms with van der Waals surface area (Å²) in [6, 6.07) is 15.6. The highest BCUT2D eigenvalue weighted by molar-refractivity contribution is 5.94. The number of hydrogen-bond acceptors (Lipinski definition) is 5. The highest BCUT2D eigenvalue weighted by Gasteiger charge is 2.19. The van der Waals surface area contributed by atoms with Crippen molar-refractivity contribution in [3.05, 3.63) is 86.7 Å². The Morgan fingerprint density at radius 2 is 1.86 bits per heavy atom. The second kappa shape index (κ2) is 7.83. The van der Waals surface area contributed by atoms with Gasteiger partial charge in [-0.05, 0) is 31.5 Å². The number of carbonyl (C=O) groups is 1. The Hall–Kier alpha value is -3.81. The van der Waals surface area contributed by atoms with Crippen LogP contribution in [0, 0.1) is 17.0 Å². The molecule has 3 aromatic rings. The minimum Gasteiger partial charge on any atom is -0.324 e. The minimum absolute atomic E-state index is 0.0583. The molecule has 0 radical (unpaired) electrons. The third-order valence-electron chi connectivity index (χ3n) is 4.32. The third kappa shape index (κ3) is 3.96. The Bertz CT molecular complexity index is 1090. The van der Waals surface area contributed by atoms with E-state index in [2.05, 4.69) is 10.4 Å². The summed E-state index contributed by atoms with van der Waals surface area (Å²) in [5, 5.41) is 17.9. The molecule has 3 rings (SSSR count). The van der Waals surface area contributed by atoms with E-state index < -0.39 is 22.4 Å². The molecule has 0 saturated carbocycles. The average molecular weight is 378 g/mol. The van der Waals surface area contributed by atoms with Crippen LogP contribution in [0.1, 0.15) is 18.5 Å². The van der Waals surface area contributed by atoms with Gasteiger partial charge in [-0.2, -0.15) is 5.10 Å². The van der Waals surface area contributed by atoms with Gasteiger partial charge < -0.3 is 5.32 Å². The van der Waals surface area contributed by atoms with Crippen LogP contribution < -0.4 is 10.9 Å². The monoisotopic (exact) mass is 378 g/mol. The Morgan fingerprint density at radius 1 is 1.14 bits per heavy atom. The van der Waals surface area contributed by atoms with E-state index in [0.29, 0.717) is 16.9 Å². The lowest BCUT2D eigenvalue weighted by molar-refractivity contribution is -0.384. The predicted octanol–water partition coefficient (Wildman–Crippen LogP) is 3.33. The van der Waals surface area contributed by atoms with Crippen molar-refractivity contribution in [2.45, 2.75) is 19.9 Å². The summed E-state index contributed by atoms with van der Waals surface area (Å²) in [7, 11) is 0. The first kappa shape index (κ1) is 19.0. The topological polar surface area (TPSA) is 107 Å². The molecule has 0 saturated heterocycles. The molecule has 0 bridgehead atoms. The van der Waals surface area contributed by atoms with Crippen molar-refractivity contribution >= 4 is 17.3 Å². The van der Waals surface area contributed by atoms with Gasteiger partial charge in [-0.15, -0.1) is 0 Å². The van der Waals surface area contributed by atoms with Gasteiger partial charge in [-0.1, -0.05) is 30.3 Å². The molecule has 0 fully saturated rings. The minimum atomic E-state index is -0.870. The fourth-order valence-corrected chi connectivity index (χ4v) is 2.72. The number of benzene rings is 2. The summed E-state index contributed by atoms with van der Waals surface area (Å²) in [5.74, 6) is -0.447. The van der Waals surface area contributed by atoms with E-state index in [1.807, 2.05) is 30.3 Å². The SMILES string of the molecule is Cc1cc([N+](=O)[O-])ccc1NC(=O)C(C)n1nc(-c2ccccc2)ccc1=O. The molecular formula is C20H18N4O4. The number of aromatic nitrogens is 2. The lowest BCUT2D eigenvalue weighted by atomic mass is 10.1. The van der Waals surface area contributed by atoms with Gasteiger partial charge in [-0.25, -0.2) is 4.68 Å². The highest BCUT2D eigenvalue weighted by Crippen LogP contribution is 2.22. The zero-order valence-electron chi connectivity index (χ0n) is 15.3. The van der Waals surface area contributed by atoms with Crippen molar-refractivity contribution in [3.8, 4) is 11.3 Å². The molecule has 28 heavy (non-hydrogen) atoms. The summed E-state index contributed by atoms with van der Waals surface area (Å²) >= 11 is 0. The number of carbonyl (C=O) groups excluding carboxylic acids is 1. The second-order valence-electron chi connectivity index (χ2n) is 6.29. The van der Waals surface area contributed by atoms with Gasteiger partial charge in [0.15, 0.2) is 0 Å². The molecule has 1 heterocycles. The molecule has 0 spiro atoms. The Morgan fingerprint density at radius 3 is 2.50 bits per heavy atom. The van der Waals surface area contributed by atoms with Gasteiger partial charge in [0.05, 0.1) is 10.6 Å². The molecule has 142 valence electrons. The van der Waals surface area contributed by atoms with Crippen molar-refractivity contribution in [1.82, 2.24) is 9.78 Å². The molecule has 8 nitrogen and oxygen atoms in total. The standard InChI is InChI=1S/C20H18N4O4/c1-13-12-16(24(27)28)8-9-17(13)21-20(26)14(2)23-19(25)11-10-18(22-23)15-6-4-3-5-7-15/h3-12,14H,1-2H3,(H,21,26). The van der Waals surface area contributed by atoms with Gasteiger partial charge in [0.1, 0.15) is 6.04 Å². The molecule has 1 aromatic heterocycles. The van der Waals surface area contributed by atoms with Gasteiger partial charge in [0, 0.05) is 29.4 Å². The highest BCUT2D eigenvalue weighted by atomic mass is 16.6. The zero-order valence-corrected chi connectivity index (χ0v) is 15.3. The summed E-state index contributed by atoms with van der Waals surface area (Å²) in [5.41, 5.74) is 1.93. The van der Waals surface area contributed by atoms with Crippen LogP contribution in [-0.2, 0) is 4.79 Å². The maximum atomic E-state index is 12.6. The van der Waals surface area contributed by atoms with Crippen LogP contribution in [-0.4, -0.2) is 20.6 Å². The average Bonchev–Trinajstić information content (AvgIpc) is 2.69. The van der Waals surface area contributed by atoms with Crippen LogP contribution in [0.3, 0.4) is 0 Å². The number of nitrogens with zero attached hydrogens (tertiary/aromatic N) is 3. The Balaban J connectivity index is 1.86. The second-order valence-corrected chi connectivity index (χ2v) is 6.29. The van der Waals surface area contributed by atoms with Crippen LogP contribution in [0.2, 0.25) is 0 Å². The number of hydrogen-bond donors (Lipinski definition) is 1. The number of aryl methyl sites for hydroxylation is 1. The van der Waals surface area contributed by atoms with Gasteiger partial charge in [0.2, 0.25) is 5.91 Å². The van der Waals surface area contributed by atoms with Crippen LogP contribution in [0.4, 0.5) is 11.4 Å². The lowest BCUT2D eigenvalue weighted by Crippen LogP contribution is -2.33. The van der Waals surface area contributed by atoms with Crippen LogP contribution in [0.15, 0.2) is 65.5 Å².